The molecule has 1 N–H and O–H groups in total. The lowest BCUT2D eigenvalue weighted by Crippen LogP contribution is -2.30. The minimum atomic E-state index is -0.776. The standard InChI is InChI=1S/C15H21NO2/c1-11(14-7-8-14)16(2)10-13-5-3-12(4-6-13)9-15(17)18/h3-6,11,14H,7-10H2,1-2H3,(H,17,18). The van der Waals surface area contributed by atoms with Crippen molar-refractivity contribution in [2.45, 2.75) is 38.8 Å². The number of nitrogens with zero attached hydrogens (tertiary/aromatic N) is 1. The maximum absolute atomic E-state index is 10.6. The number of benzene rings is 1. The highest BCUT2D eigenvalue weighted by Gasteiger charge is 2.30. The summed E-state index contributed by atoms with van der Waals surface area (Å²) in [6.07, 6.45) is 2.83. The Morgan fingerprint density at radius 1 is 1.33 bits per heavy atom. The van der Waals surface area contributed by atoms with E-state index in [0.717, 1.165) is 18.0 Å². The van der Waals surface area contributed by atoms with Crippen molar-refractivity contribution in [1.82, 2.24) is 4.90 Å². The van der Waals surface area contributed by atoms with Crippen LogP contribution in [0.25, 0.3) is 0 Å². The Morgan fingerprint density at radius 3 is 2.39 bits per heavy atom. The zero-order valence-corrected chi connectivity index (χ0v) is 11.1. The molecule has 0 amide bonds. The molecule has 0 aliphatic heterocycles. The molecule has 1 saturated carbocycles. The van der Waals surface area contributed by atoms with Crippen molar-refractivity contribution in [2.75, 3.05) is 7.05 Å². The summed E-state index contributed by atoms with van der Waals surface area (Å²) in [4.78, 5) is 13.0. The first-order valence-corrected chi connectivity index (χ1v) is 6.56. The van der Waals surface area contributed by atoms with Crippen LogP contribution in [0.3, 0.4) is 0 Å². The Balaban J connectivity index is 1.90. The first kappa shape index (κ1) is 13.1. The van der Waals surface area contributed by atoms with Crippen LogP contribution in [-0.4, -0.2) is 29.1 Å². The number of rotatable bonds is 6. The van der Waals surface area contributed by atoms with Crippen LogP contribution in [0, 0.1) is 5.92 Å². The molecule has 0 spiro atoms. The summed E-state index contributed by atoms with van der Waals surface area (Å²) < 4.78 is 0. The lowest BCUT2D eigenvalue weighted by molar-refractivity contribution is -0.136. The third-order valence-corrected chi connectivity index (χ3v) is 3.81. The molecule has 0 saturated heterocycles. The highest BCUT2D eigenvalue weighted by molar-refractivity contribution is 5.70. The Bertz CT molecular complexity index is 409. The van der Waals surface area contributed by atoms with E-state index >= 15 is 0 Å². The quantitative estimate of drug-likeness (QED) is 0.840. The Hall–Kier alpha value is -1.35. The van der Waals surface area contributed by atoms with E-state index in [1.807, 2.05) is 24.3 Å². The number of aliphatic carboxylic acids is 1. The van der Waals surface area contributed by atoms with E-state index in [1.165, 1.54) is 18.4 Å². The minimum absolute atomic E-state index is 0.106. The first-order valence-electron chi connectivity index (χ1n) is 6.56. The molecule has 1 aromatic rings. The largest absolute Gasteiger partial charge is 0.481 e. The van der Waals surface area contributed by atoms with Gasteiger partial charge in [-0.3, -0.25) is 9.69 Å². The van der Waals surface area contributed by atoms with Crippen LogP contribution in [0.15, 0.2) is 24.3 Å². The molecule has 1 aromatic carbocycles. The van der Waals surface area contributed by atoms with Crippen molar-refractivity contribution < 1.29 is 9.90 Å². The van der Waals surface area contributed by atoms with Crippen molar-refractivity contribution in [2.24, 2.45) is 5.92 Å². The lowest BCUT2D eigenvalue weighted by atomic mass is 10.1. The topological polar surface area (TPSA) is 40.5 Å². The van der Waals surface area contributed by atoms with Gasteiger partial charge < -0.3 is 5.11 Å². The van der Waals surface area contributed by atoms with Crippen LogP contribution in [0.2, 0.25) is 0 Å². The van der Waals surface area contributed by atoms with E-state index in [9.17, 15) is 4.79 Å². The monoisotopic (exact) mass is 247 g/mol. The van der Waals surface area contributed by atoms with Crippen LogP contribution >= 0.6 is 0 Å². The van der Waals surface area contributed by atoms with Gasteiger partial charge in [-0.15, -0.1) is 0 Å². The Labute approximate surface area is 108 Å². The summed E-state index contributed by atoms with van der Waals surface area (Å²) in [6, 6.07) is 8.55. The second-order valence-electron chi connectivity index (χ2n) is 5.38. The molecule has 3 nitrogen and oxygen atoms in total. The molecule has 18 heavy (non-hydrogen) atoms. The van der Waals surface area contributed by atoms with E-state index in [-0.39, 0.29) is 6.42 Å². The molecule has 0 bridgehead atoms. The van der Waals surface area contributed by atoms with Crippen molar-refractivity contribution in [3.8, 4) is 0 Å². The van der Waals surface area contributed by atoms with Gasteiger partial charge in [-0.05, 0) is 43.9 Å². The molecule has 0 radical (unpaired) electrons. The SMILES string of the molecule is CC(C1CC1)N(C)Cc1ccc(CC(=O)O)cc1. The highest BCUT2D eigenvalue weighted by atomic mass is 16.4. The number of hydrogen-bond acceptors (Lipinski definition) is 2. The van der Waals surface area contributed by atoms with Gasteiger partial charge in [-0.25, -0.2) is 0 Å². The van der Waals surface area contributed by atoms with Crippen LogP contribution < -0.4 is 0 Å². The van der Waals surface area contributed by atoms with Crippen LogP contribution in [0.1, 0.15) is 30.9 Å². The second kappa shape index (κ2) is 5.53. The fourth-order valence-electron chi connectivity index (χ4n) is 2.31. The summed E-state index contributed by atoms with van der Waals surface area (Å²) >= 11 is 0. The van der Waals surface area contributed by atoms with Crippen molar-refractivity contribution in [3.63, 3.8) is 0 Å². The Kier molecular flexibility index (Phi) is 4.02. The van der Waals surface area contributed by atoms with Crippen molar-refractivity contribution in [1.29, 1.82) is 0 Å². The molecule has 3 heteroatoms. The van der Waals surface area contributed by atoms with E-state index in [4.69, 9.17) is 5.11 Å². The van der Waals surface area contributed by atoms with Gasteiger partial charge in [-0.2, -0.15) is 0 Å². The zero-order chi connectivity index (χ0) is 13.1. The summed E-state index contributed by atoms with van der Waals surface area (Å²) in [7, 11) is 2.16. The molecule has 0 aromatic heterocycles. The van der Waals surface area contributed by atoms with Crippen molar-refractivity contribution >= 4 is 5.97 Å². The summed E-state index contributed by atoms with van der Waals surface area (Å²) in [5, 5.41) is 8.71. The number of carboxylic acids is 1. The summed E-state index contributed by atoms with van der Waals surface area (Å²) in [5.74, 6) is 0.100. The summed E-state index contributed by atoms with van der Waals surface area (Å²) in [6.45, 7) is 3.22. The Morgan fingerprint density at radius 2 is 1.89 bits per heavy atom. The van der Waals surface area contributed by atoms with Crippen LogP contribution in [0.4, 0.5) is 0 Å². The van der Waals surface area contributed by atoms with Gasteiger partial charge in [-0.1, -0.05) is 24.3 Å². The number of carboxylic acid groups (broad SMARTS) is 1. The van der Waals surface area contributed by atoms with E-state index in [0.29, 0.717) is 6.04 Å². The van der Waals surface area contributed by atoms with Crippen LogP contribution in [0.5, 0.6) is 0 Å². The average Bonchev–Trinajstić information content (AvgIpc) is 3.14. The lowest BCUT2D eigenvalue weighted by Gasteiger charge is -2.24. The predicted molar refractivity (Wildman–Crippen MR) is 71.4 cm³/mol. The number of carbonyl (C=O) groups is 1. The van der Waals surface area contributed by atoms with Gasteiger partial charge in [0.2, 0.25) is 0 Å². The van der Waals surface area contributed by atoms with Gasteiger partial charge in [0.05, 0.1) is 6.42 Å². The number of hydrogen-bond donors (Lipinski definition) is 1. The van der Waals surface area contributed by atoms with E-state index in [1.54, 1.807) is 0 Å². The average molecular weight is 247 g/mol. The second-order valence-corrected chi connectivity index (χ2v) is 5.38. The zero-order valence-electron chi connectivity index (χ0n) is 11.1. The molecule has 1 atom stereocenters. The fourth-order valence-corrected chi connectivity index (χ4v) is 2.31. The van der Waals surface area contributed by atoms with Crippen LogP contribution in [-0.2, 0) is 17.8 Å². The van der Waals surface area contributed by atoms with Gasteiger partial charge in [0, 0.05) is 12.6 Å². The van der Waals surface area contributed by atoms with Gasteiger partial charge in [0.15, 0.2) is 0 Å². The third-order valence-electron chi connectivity index (χ3n) is 3.81. The highest BCUT2D eigenvalue weighted by Crippen LogP contribution is 2.35. The molecular formula is C15H21NO2. The van der Waals surface area contributed by atoms with E-state index in [2.05, 4.69) is 18.9 Å². The molecule has 1 fully saturated rings. The van der Waals surface area contributed by atoms with Gasteiger partial charge in [0.25, 0.3) is 0 Å². The van der Waals surface area contributed by atoms with E-state index < -0.39 is 5.97 Å². The first-order chi connectivity index (χ1) is 8.56. The predicted octanol–water partition coefficient (Wildman–Crippen LogP) is 2.54. The van der Waals surface area contributed by atoms with Crippen molar-refractivity contribution in [3.05, 3.63) is 35.4 Å². The maximum Gasteiger partial charge on any atom is 0.307 e. The molecule has 0 heterocycles. The fraction of sp³-hybridized carbons (Fsp3) is 0.533. The van der Waals surface area contributed by atoms with Gasteiger partial charge in [0.1, 0.15) is 0 Å². The molecule has 98 valence electrons. The smallest absolute Gasteiger partial charge is 0.307 e. The third kappa shape index (κ3) is 3.57. The minimum Gasteiger partial charge on any atom is -0.481 e. The molecular weight excluding hydrogens is 226 g/mol. The summed E-state index contributed by atoms with van der Waals surface area (Å²) in [5.41, 5.74) is 2.11. The molecule has 2 rings (SSSR count). The molecule has 1 aliphatic rings. The molecule has 1 aliphatic carbocycles. The molecule has 1 unspecified atom stereocenters. The van der Waals surface area contributed by atoms with Gasteiger partial charge >= 0.3 is 5.97 Å². The maximum atomic E-state index is 10.6. The normalized spacial score (nSPS) is 16.8.